The Balaban J connectivity index is 2.74. The Morgan fingerprint density at radius 1 is 1.38 bits per heavy atom. The zero-order chi connectivity index (χ0) is 12.1. The van der Waals surface area contributed by atoms with Crippen molar-refractivity contribution in [3.05, 3.63) is 29.8 Å². The molecule has 16 heavy (non-hydrogen) atoms. The van der Waals surface area contributed by atoms with Crippen LogP contribution in [0.4, 0.5) is 5.69 Å². The highest BCUT2D eigenvalue weighted by Gasteiger charge is 2.15. The van der Waals surface area contributed by atoms with Gasteiger partial charge in [0.05, 0.1) is 6.42 Å². The number of amides is 1. The molecule has 0 aliphatic heterocycles. The first kappa shape index (κ1) is 12.6. The number of carbonyl (C=O) groups is 1. The molecule has 0 atom stereocenters. The number of likely N-dealkylation sites (N-methyl/N-ethyl adjacent to an activating group) is 1. The third kappa shape index (κ3) is 2.99. The zero-order valence-electron chi connectivity index (χ0n) is 10.2. The Hall–Kier alpha value is -1.51. The molecule has 1 aromatic rings. The van der Waals surface area contributed by atoms with Crippen molar-refractivity contribution >= 4 is 11.6 Å². The Kier molecular flexibility index (Phi) is 4.35. The second-order valence-corrected chi connectivity index (χ2v) is 4.15. The second kappa shape index (κ2) is 5.54. The van der Waals surface area contributed by atoms with Gasteiger partial charge in [-0.25, -0.2) is 0 Å². The summed E-state index contributed by atoms with van der Waals surface area (Å²) in [6.07, 6.45) is 0.388. The van der Waals surface area contributed by atoms with E-state index in [0.717, 1.165) is 12.1 Å². The molecule has 0 radical (unpaired) electrons. The molecule has 1 rings (SSSR count). The summed E-state index contributed by atoms with van der Waals surface area (Å²) in [6.45, 7) is 6.78. The van der Waals surface area contributed by atoms with Gasteiger partial charge in [0, 0.05) is 18.3 Å². The summed E-state index contributed by atoms with van der Waals surface area (Å²) in [5.41, 5.74) is 7.42. The minimum atomic E-state index is 0.135. The van der Waals surface area contributed by atoms with E-state index in [2.05, 4.69) is 0 Å². The van der Waals surface area contributed by atoms with E-state index in [-0.39, 0.29) is 11.9 Å². The van der Waals surface area contributed by atoms with E-state index in [1.165, 1.54) is 0 Å². The monoisotopic (exact) mass is 220 g/mol. The van der Waals surface area contributed by atoms with E-state index in [1.807, 2.05) is 49.9 Å². The Morgan fingerprint density at radius 2 is 2.00 bits per heavy atom. The third-order valence-electron chi connectivity index (χ3n) is 2.68. The van der Waals surface area contributed by atoms with Gasteiger partial charge in [0.25, 0.3) is 0 Å². The van der Waals surface area contributed by atoms with E-state index >= 15 is 0 Å². The highest BCUT2D eigenvalue weighted by molar-refractivity contribution is 5.80. The van der Waals surface area contributed by atoms with Crippen molar-refractivity contribution in [2.75, 3.05) is 12.3 Å². The molecule has 3 nitrogen and oxygen atoms in total. The van der Waals surface area contributed by atoms with Crippen LogP contribution in [0.15, 0.2) is 24.3 Å². The van der Waals surface area contributed by atoms with E-state index in [4.69, 9.17) is 5.73 Å². The van der Waals surface area contributed by atoms with Crippen molar-refractivity contribution in [2.45, 2.75) is 33.2 Å². The minimum Gasteiger partial charge on any atom is -0.398 e. The third-order valence-corrected chi connectivity index (χ3v) is 2.68. The van der Waals surface area contributed by atoms with Crippen LogP contribution in [0.25, 0.3) is 0 Å². The Labute approximate surface area is 97.2 Å². The fraction of sp³-hybridized carbons (Fsp3) is 0.462. The second-order valence-electron chi connectivity index (χ2n) is 4.15. The predicted molar refractivity (Wildman–Crippen MR) is 67.1 cm³/mol. The molecule has 0 aromatic heterocycles. The van der Waals surface area contributed by atoms with Crippen molar-refractivity contribution in [1.82, 2.24) is 4.90 Å². The van der Waals surface area contributed by atoms with Crippen LogP contribution in [0.1, 0.15) is 26.3 Å². The van der Waals surface area contributed by atoms with Crippen LogP contribution in [0, 0.1) is 0 Å². The van der Waals surface area contributed by atoms with Crippen LogP contribution in [-0.4, -0.2) is 23.4 Å². The maximum atomic E-state index is 12.0. The van der Waals surface area contributed by atoms with E-state index in [9.17, 15) is 4.79 Å². The molecule has 0 unspecified atom stereocenters. The molecule has 0 spiro atoms. The number of nitrogen functional groups attached to an aromatic ring is 1. The fourth-order valence-corrected chi connectivity index (χ4v) is 1.79. The lowest BCUT2D eigenvalue weighted by molar-refractivity contribution is -0.131. The van der Waals surface area contributed by atoms with Gasteiger partial charge in [-0.3, -0.25) is 4.79 Å². The van der Waals surface area contributed by atoms with Crippen LogP contribution in [0.2, 0.25) is 0 Å². The average Bonchev–Trinajstić information content (AvgIpc) is 2.22. The van der Waals surface area contributed by atoms with Gasteiger partial charge in [-0.2, -0.15) is 0 Å². The first-order valence-electron chi connectivity index (χ1n) is 5.69. The van der Waals surface area contributed by atoms with Crippen molar-refractivity contribution in [1.29, 1.82) is 0 Å². The molecule has 0 fully saturated rings. The molecule has 0 heterocycles. The summed E-state index contributed by atoms with van der Waals surface area (Å²) in [6, 6.07) is 7.76. The normalized spacial score (nSPS) is 10.5. The summed E-state index contributed by atoms with van der Waals surface area (Å²) in [4.78, 5) is 13.9. The van der Waals surface area contributed by atoms with Crippen LogP contribution in [0.3, 0.4) is 0 Å². The largest absolute Gasteiger partial charge is 0.398 e. The number of para-hydroxylation sites is 1. The molecule has 2 N–H and O–H groups in total. The molecule has 1 amide bonds. The van der Waals surface area contributed by atoms with Gasteiger partial charge >= 0.3 is 0 Å². The van der Waals surface area contributed by atoms with E-state index < -0.39 is 0 Å². The minimum absolute atomic E-state index is 0.135. The maximum absolute atomic E-state index is 12.0. The molecule has 3 heteroatoms. The number of anilines is 1. The fourth-order valence-electron chi connectivity index (χ4n) is 1.79. The van der Waals surface area contributed by atoms with Crippen LogP contribution in [-0.2, 0) is 11.2 Å². The molecule has 0 saturated heterocycles. The number of rotatable bonds is 4. The highest BCUT2D eigenvalue weighted by Crippen LogP contribution is 2.13. The van der Waals surface area contributed by atoms with Crippen LogP contribution in [0.5, 0.6) is 0 Å². The zero-order valence-corrected chi connectivity index (χ0v) is 10.2. The summed E-state index contributed by atoms with van der Waals surface area (Å²) < 4.78 is 0. The lowest BCUT2D eigenvalue weighted by atomic mass is 10.1. The molecular weight excluding hydrogens is 200 g/mol. The molecular formula is C13H20N2O. The molecule has 0 bridgehead atoms. The van der Waals surface area contributed by atoms with Gasteiger partial charge in [-0.15, -0.1) is 0 Å². The van der Waals surface area contributed by atoms with Crippen molar-refractivity contribution in [3.8, 4) is 0 Å². The number of hydrogen-bond acceptors (Lipinski definition) is 2. The van der Waals surface area contributed by atoms with Crippen LogP contribution < -0.4 is 5.73 Å². The number of nitrogens with zero attached hydrogens (tertiary/aromatic N) is 1. The summed E-state index contributed by atoms with van der Waals surface area (Å²) in [7, 11) is 0. The van der Waals surface area contributed by atoms with Gasteiger partial charge < -0.3 is 10.6 Å². The predicted octanol–water partition coefficient (Wildman–Crippen LogP) is 2.07. The maximum Gasteiger partial charge on any atom is 0.227 e. The van der Waals surface area contributed by atoms with E-state index in [1.54, 1.807) is 0 Å². The van der Waals surface area contributed by atoms with Gasteiger partial charge in [0.2, 0.25) is 5.91 Å². The number of benzene rings is 1. The number of nitrogens with two attached hydrogens (primary N) is 1. The van der Waals surface area contributed by atoms with Gasteiger partial charge in [0.1, 0.15) is 0 Å². The first-order valence-corrected chi connectivity index (χ1v) is 5.69. The highest BCUT2D eigenvalue weighted by atomic mass is 16.2. The van der Waals surface area contributed by atoms with Gasteiger partial charge in [0.15, 0.2) is 0 Å². The quantitative estimate of drug-likeness (QED) is 0.789. The van der Waals surface area contributed by atoms with Gasteiger partial charge in [-0.05, 0) is 32.4 Å². The first-order chi connectivity index (χ1) is 7.56. The number of carbonyl (C=O) groups excluding carboxylic acids is 1. The van der Waals surface area contributed by atoms with Gasteiger partial charge in [-0.1, -0.05) is 18.2 Å². The molecule has 0 aliphatic carbocycles. The van der Waals surface area contributed by atoms with E-state index in [0.29, 0.717) is 12.1 Å². The molecule has 0 saturated carbocycles. The molecule has 1 aromatic carbocycles. The lowest BCUT2D eigenvalue weighted by Crippen LogP contribution is -2.37. The summed E-state index contributed by atoms with van der Waals surface area (Å²) in [5.74, 6) is 0.135. The Morgan fingerprint density at radius 3 is 2.50 bits per heavy atom. The Bertz CT molecular complexity index is 361. The van der Waals surface area contributed by atoms with Crippen molar-refractivity contribution < 1.29 is 4.79 Å². The van der Waals surface area contributed by atoms with Crippen molar-refractivity contribution in [3.63, 3.8) is 0 Å². The SMILES string of the molecule is CCN(C(=O)Cc1ccccc1N)C(C)C. The molecule has 88 valence electrons. The number of hydrogen-bond donors (Lipinski definition) is 1. The average molecular weight is 220 g/mol. The summed E-state index contributed by atoms with van der Waals surface area (Å²) >= 11 is 0. The standard InChI is InChI=1S/C13H20N2O/c1-4-15(10(2)3)13(16)9-11-7-5-6-8-12(11)14/h5-8,10H,4,9,14H2,1-3H3. The molecule has 0 aliphatic rings. The summed E-state index contributed by atoms with van der Waals surface area (Å²) in [5, 5.41) is 0. The lowest BCUT2D eigenvalue weighted by Gasteiger charge is -2.25. The van der Waals surface area contributed by atoms with Crippen LogP contribution >= 0.6 is 0 Å². The smallest absolute Gasteiger partial charge is 0.227 e. The topological polar surface area (TPSA) is 46.3 Å². The van der Waals surface area contributed by atoms with Crippen molar-refractivity contribution in [2.24, 2.45) is 0 Å².